The molecule has 3 nitrogen and oxygen atoms in total. The van der Waals surface area contributed by atoms with Crippen LogP contribution in [0.2, 0.25) is 0 Å². The number of rotatable bonds is 3. The summed E-state index contributed by atoms with van der Waals surface area (Å²) in [6, 6.07) is 10.1. The Morgan fingerprint density at radius 3 is 2.72 bits per heavy atom. The van der Waals surface area contributed by atoms with Crippen molar-refractivity contribution in [2.45, 2.75) is 44.1 Å². The molecule has 1 N–H and O–H groups in total. The second-order valence-corrected chi connectivity index (χ2v) is 4.90. The highest BCUT2D eigenvalue weighted by atomic mass is 16.5. The minimum Gasteiger partial charge on any atom is -0.494 e. The quantitative estimate of drug-likeness (QED) is 0.890. The van der Waals surface area contributed by atoms with Gasteiger partial charge in [-0.2, -0.15) is 5.26 Å². The fourth-order valence-electron chi connectivity index (χ4n) is 2.71. The smallest absolute Gasteiger partial charge is 0.119 e. The molecule has 18 heavy (non-hydrogen) atoms. The van der Waals surface area contributed by atoms with E-state index in [9.17, 15) is 10.4 Å². The van der Waals surface area contributed by atoms with Gasteiger partial charge in [-0.1, -0.05) is 12.1 Å². The molecule has 2 atom stereocenters. The largest absolute Gasteiger partial charge is 0.494 e. The van der Waals surface area contributed by atoms with Crippen LogP contribution in [0, 0.1) is 11.3 Å². The predicted molar refractivity (Wildman–Crippen MR) is 69.4 cm³/mol. The van der Waals surface area contributed by atoms with Crippen LogP contribution in [0.5, 0.6) is 5.75 Å². The number of aliphatic hydroxyl groups excluding tert-OH is 1. The van der Waals surface area contributed by atoms with E-state index in [2.05, 4.69) is 6.07 Å². The lowest BCUT2D eigenvalue weighted by atomic mass is 9.69. The lowest BCUT2D eigenvalue weighted by Gasteiger charge is -2.34. The Hall–Kier alpha value is -1.53. The number of ether oxygens (including phenoxy) is 1. The molecule has 0 aliphatic heterocycles. The molecule has 0 radical (unpaired) electrons. The van der Waals surface area contributed by atoms with Crippen molar-refractivity contribution in [2.75, 3.05) is 6.61 Å². The molecule has 1 aromatic rings. The van der Waals surface area contributed by atoms with E-state index in [1.807, 2.05) is 31.2 Å². The van der Waals surface area contributed by atoms with Gasteiger partial charge in [0.25, 0.3) is 0 Å². The van der Waals surface area contributed by atoms with Crippen molar-refractivity contribution in [1.29, 1.82) is 5.26 Å². The summed E-state index contributed by atoms with van der Waals surface area (Å²) in [7, 11) is 0. The fourth-order valence-corrected chi connectivity index (χ4v) is 2.71. The molecule has 96 valence electrons. The molecule has 0 aromatic heterocycles. The molecule has 1 saturated carbocycles. The van der Waals surface area contributed by atoms with Gasteiger partial charge in [-0.05, 0) is 50.3 Å². The number of hydrogen-bond donors (Lipinski definition) is 1. The molecule has 1 fully saturated rings. The Bertz CT molecular complexity index is 435. The van der Waals surface area contributed by atoms with Crippen molar-refractivity contribution in [3.8, 4) is 11.8 Å². The maximum atomic E-state index is 9.80. The molecule has 0 spiro atoms. The summed E-state index contributed by atoms with van der Waals surface area (Å²) in [6.45, 7) is 2.59. The highest BCUT2D eigenvalue weighted by Crippen LogP contribution is 2.39. The molecule has 1 aromatic carbocycles. The molecule has 2 unspecified atom stereocenters. The first-order chi connectivity index (χ1) is 8.70. The monoisotopic (exact) mass is 245 g/mol. The molecule has 1 aliphatic carbocycles. The molecule has 2 rings (SSSR count). The number of benzene rings is 1. The van der Waals surface area contributed by atoms with E-state index in [0.29, 0.717) is 13.0 Å². The van der Waals surface area contributed by atoms with Crippen LogP contribution in [-0.2, 0) is 5.41 Å². The Kier molecular flexibility index (Phi) is 3.88. The zero-order valence-corrected chi connectivity index (χ0v) is 10.7. The van der Waals surface area contributed by atoms with Gasteiger partial charge in [0.05, 0.1) is 24.2 Å². The van der Waals surface area contributed by atoms with E-state index < -0.39 is 5.41 Å². The maximum absolute atomic E-state index is 9.80. The predicted octanol–water partition coefficient (Wildman–Crippen LogP) is 2.78. The third-order valence-electron chi connectivity index (χ3n) is 3.66. The molecule has 0 amide bonds. The third-order valence-corrected chi connectivity index (χ3v) is 3.66. The summed E-state index contributed by atoms with van der Waals surface area (Å²) in [5.41, 5.74) is 0.467. The zero-order valence-electron chi connectivity index (χ0n) is 10.7. The van der Waals surface area contributed by atoms with Crippen molar-refractivity contribution >= 4 is 0 Å². The van der Waals surface area contributed by atoms with Crippen LogP contribution in [0.15, 0.2) is 24.3 Å². The molecule has 0 heterocycles. The van der Waals surface area contributed by atoms with Gasteiger partial charge >= 0.3 is 0 Å². The minimum absolute atomic E-state index is 0.357. The Morgan fingerprint density at radius 2 is 2.17 bits per heavy atom. The van der Waals surface area contributed by atoms with Crippen molar-refractivity contribution in [2.24, 2.45) is 0 Å². The van der Waals surface area contributed by atoms with Gasteiger partial charge in [-0.25, -0.2) is 0 Å². The van der Waals surface area contributed by atoms with E-state index in [1.54, 1.807) is 0 Å². The zero-order chi connectivity index (χ0) is 13.0. The topological polar surface area (TPSA) is 53.2 Å². The Labute approximate surface area is 108 Å². The van der Waals surface area contributed by atoms with Gasteiger partial charge in [0, 0.05) is 0 Å². The summed E-state index contributed by atoms with van der Waals surface area (Å²) in [6.07, 6.45) is 2.72. The third kappa shape index (κ3) is 2.49. The SMILES string of the molecule is CCOc1ccc(C2(C#N)CCCC(O)C2)cc1. The second kappa shape index (κ2) is 5.41. The van der Waals surface area contributed by atoms with E-state index in [0.717, 1.165) is 30.6 Å². The lowest BCUT2D eigenvalue weighted by Crippen LogP contribution is -2.33. The normalized spacial score (nSPS) is 27.5. The van der Waals surface area contributed by atoms with Crippen LogP contribution >= 0.6 is 0 Å². The van der Waals surface area contributed by atoms with Gasteiger partial charge in [0.15, 0.2) is 0 Å². The highest BCUT2D eigenvalue weighted by molar-refractivity contribution is 5.37. The number of aliphatic hydroxyl groups is 1. The maximum Gasteiger partial charge on any atom is 0.119 e. The summed E-state index contributed by atoms with van der Waals surface area (Å²) in [5.74, 6) is 0.825. The Balaban J connectivity index is 2.24. The average molecular weight is 245 g/mol. The molecular formula is C15H19NO2. The summed E-state index contributed by atoms with van der Waals surface area (Å²) in [5, 5.41) is 19.3. The van der Waals surface area contributed by atoms with Crippen molar-refractivity contribution in [3.05, 3.63) is 29.8 Å². The van der Waals surface area contributed by atoms with Crippen LogP contribution in [-0.4, -0.2) is 17.8 Å². The highest BCUT2D eigenvalue weighted by Gasteiger charge is 2.37. The average Bonchev–Trinajstić information content (AvgIpc) is 2.40. The van der Waals surface area contributed by atoms with Gasteiger partial charge in [0.1, 0.15) is 5.75 Å². The molecule has 1 aliphatic rings. The molecular weight excluding hydrogens is 226 g/mol. The second-order valence-electron chi connectivity index (χ2n) is 4.90. The van der Waals surface area contributed by atoms with Gasteiger partial charge in [-0.15, -0.1) is 0 Å². The fraction of sp³-hybridized carbons (Fsp3) is 0.533. The van der Waals surface area contributed by atoms with E-state index >= 15 is 0 Å². The van der Waals surface area contributed by atoms with Crippen LogP contribution in [0.1, 0.15) is 38.2 Å². The molecule has 0 saturated heterocycles. The summed E-state index contributed by atoms with van der Waals surface area (Å²) < 4.78 is 5.40. The summed E-state index contributed by atoms with van der Waals surface area (Å²) >= 11 is 0. The standard InChI is InChI=1S/C15H19NO2/c1-2-18-14-7-5-12(6-8-14)15(11-16)9-3-4-13(17)10-15/h5-8,13,17H,2-4,9-10H2,1H3. The van der Waals surface area contributed by atoms with E-state index in [1.165, 1.54) is 0 Å². The van der Waals surface area contributed by atoms with Crippen molar-refractivity contribution in [1.82, 2.24) is 0 Å². The first-order valence-electron chi connectivity index (χ1n) is 6.53. The van der Waals surface area contributed by atoms with E-state index in [-0.39, 0.29) is 6.10 Å². The van der Waals surface area contributed by atoms with Crippen LogP contribution < -0.4 is 4.74 Å². The van der Waals surface area contributed by atoms with Gasteiger partial charge in [0.2, 0.25) is 0 Å². The first-order valence-corrected chi connectivity index (χ1v) is 6.53. The molecule has 3 heteroatoms. The lowest BCUT2D eigenvalue weighted by molar-refractivity contribution is 0.102. The molecule has 0 bridgehead atoms. The summed E-state index contributed by atoms with van der Waals surface area (Å²) in [4.78, 5) is 0. The van der Waals surface area contributed by atoms with Crippen molar-refractivity contribution < 1.29 is 9.84 Å². The van der Waals surface area contributed by atoms with Gasteiger partial charge in [-0.3, -0.25) is 0 Å². The minimum atomic E-state index is -0.525. The Morgan fingerprint density at radius 1 is 1.44 bits per heavy atom. The van der Waals surface area contributed by atoms with Crippen LogP contribution in [0.4, 0.5) is 0 Å². The number of hydrogen-bond acceptors (Lipinski definition) is 3. The van der Waals surface area contributed by atoms with Crippen LogP contribution in [0.3, 0.4) is 0 Å². The number of nitriles is 1. The van der Waals surface area contributed by atoms with E-state index in [4.69, 9.17) is 4.74 Å². The van der Waals surface area contributed by atoms with Crippen LogP contribution in [0.25, 0.3) is 0 Å². The number of nitrogens with zero attached hydrogens (tertiary/aromatic N) is 1. The van der Waals surface area contributed by atoms with Gasteiger partial charge < -0.3 is 9.84 Å². The van der Waals surface area contributed by atoms with Crippen molar-refractivity contribution in [3.63, 3.8) is 0 Å². The first kappa shape index (κ1) is 12.9.